The van der Waals surface area contributed by atoms with E-state index in [-0.39, 0.29) is 0 Å². The highest BCUT2D eigenvalue weighted by Crippen LogP contribution is 2.31. The average molecular weight is 374 g/mol. The molecule has 0 saturated carbocycles. The number of hydrogen-bond donors (Lipinski definition) is 0. The molecule has 7 heteroatoms. The lowest BCUT2D eigenvalue weighted by molar-refractivity contribution is 0.293. The summed E-state index contributed by atoms with van der Waals surface area (Å²) in [5.74, 6) is 0.762. The summed E-state index contributed by atoms with van der Waals surface area (Å²) in [6.45, 7) is 1.06. The Morgan fingerprint density at radius 1 is 1.20 bits per heavy atom. The fourth-order valence-electron chi connectivity index (χ4n) is 2.07. The fourth-order valence-corrected chi connectivity index (χ4v) is 5.64. The van der Waals surface area contributed by atoms with E-state index in [2.05, 4.69) is 15.9 Å². The van der Waals surface area contributed by atoms with Crippen molar-refractivity contribution in [1.82, 2.24) is 4.31 Å². The summed E-state index contributed by atoms with van der Waals surface area (Å²) in [6, 6.07) is 10.9. The minimum absolute atomic E-state index is 0.341. The molecule has 0 atom stereocenters. The molecule has 0 fully saturated rings. The maximum Gasteiger partial charge on any atom is 0.253 e. The molecule has 106 valence electrons. The number of nitrogens with zero attached hydrogens (tertiary/aromatic N) is 1. The van der Waals surface area contributed by atoms with Crippen LogP contribution in [-0.4, -0.2) is 25.9 Å². The largest absolute Gasteiger partial charge is 0.492 e. The van der Waals surface area contributed by atoms with Gasteiger partial charge in [0.15, 0.2) is 0 Å². The fraction of sp³-hybridized carbons (Fsp3) is 0.231. The molecule has 4 nitrogen and oxygen atoms in total. The van der Waals surface area contributed by atoms with Gasteiger partial charge in [0, 0.05) is 18.7 Å². The van der Waals surface area contributed by atoms with Gasteiger partial charge in [-0.1, -0.05) is 18.2 Å². The summed E-state index contributed by atoms with van der Waals surface area (Å²) in [5, 5.41) is 0. The second-order valence-corrected chi connectivity index (χ2v) is 8.98. The predicted octanol–water partition coefficient (Wildman–Crippen LogP) is 3.09. The molecule has 0 saturated heterocycles. The van der Waals surface area contributed by atoms with E-state index in [1.165, 1.54) is 15.6 Å². The van der Waals surface area contributed by atoms with Gasteiger partial charge in [0.2, 0.25) is 0 Å². The Labute approximate surface area is 130 Å². The van der Waals surface area contributed by atoms with Gasteiger partial charge >= 0.3 is 0 Å². The van der Waals surface area contributed by atoms with Gasteiger partial charge < -0.3 is 4.74 Å². The maximum atomic E-state index is 12.6. The number of thiophene rings is 1. The Hall–Kier alpha value is -0.890. The van der Waals surface area contributed by atoms with Crippen molar-refractivity contribution >= 4 is 37.3 Å². The second-order valence-electron chi connectivity index (χ2n) is 4.35. The third kappa shape index (κ3) is 2.63. The molecule has 20 heavy (non-hydrogen) atoms. The Morgan fingerprint density at radius 2 is 2.00 bits per heavy atom. The highest BCUT2D eigenvalue weighted by atomic mass is 79.9. The van der Waals surface area contributed by atoms with Crippen LogP contribution in [0.5, 0.6) is 5.75 Å². The van der Waals surface area contributed by atoms with Gasteiger partial charge in [0.25, 0.3) is 10.0 Å². The summed E-state index contributed by atoms with van der Waals surface area (Å²) < 4.78 is 33.5. The van der Waals surface area contributed by atoms with Gasteiger partial charge in [-0.15, -0.1) is 11.3 Å². The lowest BCUT2D eigenvalue weighted by atomic mass is 10.2. The van der Waals surface area contributed by atoms with E-state index in [4.69, 9.17) is 4.74 Å². The van der Waals surface area contributed by atoms with Crippen molar-refractivity contribution in [3.63, 3.8) is 0 Å². The normalized spacial score (nSPS) is 16.2. The number of rotatable bonds is 2. The highest BCUT2D eigenvalue weighted by Gasteiger charge is 2.28. The second kappa shape index (κ2) is 5.48. The summed E-state index contributed by atoms with van der Waals surface area (Å²) in [5.41, 5.74) is 0.893. The standard InChI is InChI=1S/C13H12BrNO3S2/c14-12-5-6-13(19-12)20(16,17)15-7-8-18-11-4-2-1-3-10(11)9-15/h1-6H,7-9H2. The van der Waals surface area contributed by atoms with Crippen LogP contribution in [0.3, 0.4) is 0 Å². The first-order valence-corrected chi connectivity index (χ1v) is 9.08. The average Bonchev–Trinajstić information content (AvgIpc) is 2.75. The van der Waals surface area contributed by atoms with Crippen molar-refractivity contribution in [2.75, 3.05) is 13.2 Å². The zero-order valence-corrected chi connectivity index (χ0v) is 13.7. The van der Waals surface area contributed by atoms with Gasteiger partial charge in [-0.05, 0) is 34.1 Å². The topological polar surface area (TPSA) is 46.6 Å². The first-order valence-electron chi connectivity index (χ1n) is 6.03. The van der Waals surface area contributed by atoms with E-state index >= 15 is 0 Å². The van der Waals surface area contributed by atoms with E-state index in [0.717, 1.165) is 15.1 Å². The van der Waals surface area contributed by atoms with Crippen molar-refractivity contribution in [3.8, 4) is 5.75 Å². The number of benzene rings is 1. The van der Waals surface area contributed by atoms with E-state index in [9.17, 15) is 8.42 Å². The number of fused-ring (bicyclic) bond motifs is 1. The van der Waals surface area contributed by atoms with Crippen LogP contribution in [0.15, 0.2) is 44.4 Å². The SMILES string of the molecule is O=S(=O)(c1ccc(Br)s1)N1CCOc2ccccc2C1. The van der Waals surface area contributed by atoms with Crippen LogP contribution >= 0.6 is 27.3 Å². The molecule has 0 spiro atoms. The van der Waals surface area contributed by atoms with Crippen LogP contribution < -0.4 is 4.74 Å². The van der Waals surface area contributed by atoms with Crippen molar-refractivity contribution in [3.05, 3.63) is 45.7 Å². The van der Waals surface area contributed by atoms with Crippen LogP contribution in [0.2, 0.25) is 0 Å². The zero-order valence-electron chi connectivity index (χ0n) is 10.5. The van der Waals surface area contributed by atoms with Gasteiger partial charge in [0.05, 0.1) is 3.79 Å². The molecule has 3 rings (SSSR count). The van der Waals surface area contributed by atoms with Crippen LogP contribution in [0.1, 0.15) is 5.56 Å². The third-order valence-electron chi connectivity index (χ3n) is 3.06. The van der Waals surface area contributed by atoms with Crippen molar-refractivity contribution < 1.29 is 13.2 Å². The number of hydrogen-bond acceptors (Lipinski definition) is 4. The molecule has 0 N–H and O–H groups in total. The quantitative estimate of drug-likeness (QED) is 0.812. The molecule has 1 aromatic heterocycles. The lowest BCUT2D eigenvalue weighted by Crippen LogP contribution is -2.32. The van der Waals surface area contributed by atoms with E-state index < -0.39 is 10.0 Å². The lowest BCUT2D eigenvalue weighted by Gasteiger charge is -2.18. The molecule has 1 aromatic carbocycles. The van der Waals surface area contributed by atoms with Gasteiger partial charge in [-0.2, -0.15) is 4.31 Å². The highest BCUT2D eigenvalue weighted by molar-refractivity contribution is 9.11. The zero-order chi connectivity index (χ0) is 14.2. The molecule has 0 bridgehead atoms. The van der Waals surface area contributed by atoms with E-state index in [1.807, 2.05) is 24.3 Å². The predicted molar refractivity (Wildman–Crippen MR) is 81.6 cm³/mol. The summed E-state index contributed by atoms with van der Waals surface area (Å²) in [4.78, 5) is 0. The molecule has 0 unspecified atom stereocenters. The molecule has 1 aliphatic rings. The van der Waals surface area contributed by atoms with E-state index in [1.54, 1.807) is 12.1 Å². The monoisotopic (exact) mass is 373 g/mol. The van der Waals surface area contributed by atoms with Crippen LogP contribution in [0, 0.1) is 0 Å². The van der Waals surface area contributed by atoms with Crippen LogP contribution in [-0.2, 0) is 16.6 Å². The number of ether oxygens (including phenoxy) is 1. The molecule has 0 aliphatic carbocycles. The maximum absolute atomic E-state index is 12.6. The van der Waals surface area contributed by atoms with Crippen molar-refractivity contribution in [2.24, 2.45) is 0 Å². The molecule has 2 aromatic rings. The third-order valence-corrected chi connectivity index (χ3v) is 7.00. The first-order chi connectivity index (χ1) is 9.57. The molecule has 1 aliphatic heterocycles. The van der Waals surface area contributed by atoms with E-state index in [0.29, 0.717) is 23.9 Å². The molecule has 0 radical (unpaired) electrons. The minimum atomic E-state index is -3.47. The van der Waals surface area contributed by atoms with Crippen LogP contribution in [0.25, 0.3) is 0 Å². The molecule has 2 heterocycles. The minimum Gasteiger partial charge on any atom is -0.492 e. The summed E-state index contributed by atoms with van der Waals surface area (Å²) in [7, 11) is -3.47. The van der Waals surface area contributed by atoms with Crippen LogP contribution in [0.4, 0.5) is 0 Å². The molecular formula is C13H12BrNO3S2. The Morgan fingerprint density at radius 3 is 2.75 bits per heavy atom. The number of halogens is 1. The Bertz CT molecular complexity index is 727. The smallest absolute Gasteiger partial charge is 0.253 e. The molecular weight excluding hydrogens is 362 g/mol. The first kappa shape index (κ1) is 14.1. The van der Waals surface area contributed by atoms with Crippen molar-refractivity contribution in [1.29, 1.82) is 0 Å². The van der Waals surface area contributed by atoms with Gasteiger partial charge in [-0.25, -0.2) is 8.42 Å². The number of para-hydroxylation sites is 1. The Kier molecular flexibility index (Phi) is 3.85. The summed E-state index contributed by atoms with van der Waals surface area (Å²) >= 11 is 4.52. The number of sulfonamides is 1. The molecule has 0 amide bonds. The van der Waals surface area contributed by atoms with Crippen molar-refractivity contribution in [2.45, 2.75) is 10.8 Å². The summed E-state index contributed by atoms with van der Waals surface area (Å²) in [6.07, 6.45) is 0. The van der Waals surface area contributed by atoms with Gasteiger partial charge in [0.1, 0.15) is 16.6 Å². The Balaban J connectivity index is 1.95. The van der Waals surface area contributed by atoms with Gasteiger partial charge in [-0.3, -0.25) is 0 Å².